The average Bonchev–Trinajstić information content (AvgIpc) is 2.47. The minimum absolute atomic E-state index is 0.0314. The highest BCUT2D eigenvalue weighted by molar-refractivity contribution is 5.81. The Bertz CT molecular complexity index is 463. The van der Waals surface area contributed by atoms with Crippen molar-refractivity contribution in [2.45, 2.75) is 19.5 Å². The van der Waals surface area contributed by atoms with Gasteiger partial charge in [-0.25, -0.2) is 4.98 Å². The molecule has 116 valence electrons. The number of pyridine rings is 1. The second kappa shape index (κ2) is 6.87. The van der Waals surface area contributed by atoms with E-state index in [4.69, 9.17) is 5.73 Å². The van der Waals surface area contributed by atoms with Gasteiger partial charge in [0.1, 0.15) is 5.82 Å². The minimum atomic E-state index is -0.417. The maximum Gasteiger partial charge on any atom is 0.239 e. The third kappa shape index (κ3) is 4.15. The summed E-state index contributed by atoms with van der Waals surface area (Å²) in [6, 6.07) is 3.75. The Morgan fingerprint density at radius 1 is 1.33 bits per heavy atom. The number of piperazine rings is 1. The van der Waals surface area contributed by atoms with Crippen molar-refractivity contribution in [3.05, 3.63) is 23.9 Å². The normalized spacial score (nSPS) is 17.2. The average molecular weight is 291 g/mol. The van der Waals surface area contributed by atoms with Gasteiger partial charge in [0.2, 0.25) is 5.91 Å². The molecule has 1 unspecified atom stereocenters. The molecule has 2 heterocycles. The lowest BCUT2D eigenvalue weighted by Crippen LogP contribution is -2.52. The molecule has 2 N–H and O–H groups in total. The highest BCUT2D eigenvalue weighted by atomic mass is 16.2. The molecule has 1 fully saturated rings. The van der Waals surface area contributed by atoms with Crippen LogP contribution in [0.5, 0.6) is 0 Å². The van der Waals surface area contributed by atoms with Crippen LogP contribution in [0.2, 0.25) is 0 Å². The molecular formula is C15H25N5O. The van der Waals surface area contributed by atoms with Gasteiger partial charge in [0.25, 0.3) is 0 Å². The quantitative estimate of drug-likeness (QED) is 0.855. The van der Waals surface area contributed by atoms with Crippen LogP contribution < -0.4 is 10.6 Å². The van der Waals surface area contributed by atoms with E-state index in [9.17, 15) is 4.79 Å². The number of carbonyl (C=O) groups is 1. The Balaban J connectivity index is 1.91. The molecule has 0 aromatic carbocycles. The molecule has 1 aliphatic rings. The van der Waals surface area contributed by atoms with E-state index in [1.807, 2.05) is 25.2 Å². The fraction of sp³-hybridized carbons (Fsp3) is 0.600. The topological polar surface area (TPSA) is 65.7 Å². The van der Waals surface area contributed by atoms with E-state index in [1.165, 1.54) is 5.56 Å². The molecule has 6 heteroatoms. The number of anilines is 1. The number of hydrogen-bond acceptors (Lipinski definition) is 5. The number of amides is 1. The van der Waals surface area contributed by atoms with Gasteiger partial charge in [0.15, 0.2) is 0 Å². The molecule has 1 saturated heterocycles. The molecule has 1 atom stereocenters. The van der Waals surface area contributed by atoms with Gasteiger partial charge in [0.05, 0.1) is 6.04 Å². The lowest BCUT2D eigenvalue weighted by atomic mass is 10.2. The molecule has 0 spiro atoms. The zero-order chi connectivity index (χ0) is 15.4. The van der Waals surface area contributed by atoms with Gasteiger partial charge < -0.3 is 20.4 Å². The first-order chi connectivity index (χ1) is 9.97. The molecule has 0 radical (unpaired) electrons. The van der Waals surface area contributed by atoms with E-state index in [2.05, 4.69) is 26.9 Å². The van der Waals surface area contributed by atoms with E-state index < -0.39 is 6.04 Å². The van der Waals surface area contributed by atoms with E-state index in [1.54, 1.807) is 6.92 Å². The van der Waals surface area contributed by atoms with Crippen LogP contribution in [-0.4, -0.2) is 67.0 Å². The van der Waals surface area contributed by atoms with Crippen molar-refractivity contribution in [3.63, 3.8) is 0 Å². The zero-order valence-electron chi connectivity index (χ0n) is 13.1. The number of hydrogen-bond donors (Lipinski definition) is 1. The summed E-state index contributed by atoms with van der Waals surface area (Å²) in [6.45, 7) is 5.66. The molecule has 1 aliphatic heterocycles. The molecule has 1 aromatic heterocycles. The number of nitrogens with zero attached hydrogens (tertiary/aromatic N) is 4. The van der Waals surface area contributed by atoms with Gasteiger partial charge in [-0.1, -0.05) is 6.07 Å². The van der Waals surface area contributed by atoms with Crippen LogP contribution >= 0.6 is 0 Å². The Kier molecular flexibility index (Phi) is 5.14. The highest BCUT2D eigenvalue weighted by Crippen LogP contribution is 2.15. The van der Waals surface area contributed by atoms with E-state index in [0.29, 0.717) is 13.1 Å². The monoisotopic (exact) mass is 291 g/mol. The first-order valence-electron chi connectivity index (χ1n) is 7.36. The summed E-state index contributed by atoms with van der Waals surface area (Å²) >= 11 is 0. The molecule has 1 aromatic rings. The first-order valence-corrected chi connectivity index (χ1v) is 7.36. The van der Waals surface area contributed by atoms with Gasteiger partial charge in [-0.05, 0) is 32.6 Å². The maximum atomic E-state index is 11.9. The number of carbonyl (C=O) groups excluding carboxylic acids is 1. The van der Waals surface area contributed by atoms with Crippen LogP contribution in [-0.2, 0) is 11.3 Å². The fourth-order valence-electron chi connectivity index (χ4n) is 2.51. The van der Waals surface area contributed by atoms with Crippen LogP contribution in [0.15, 0.2) is 18.3 Å². The third-order valence-corrected chi connectivity index (χ3v) is 3.61. The molecular weight excluding hydrogens is 266 g/mol. The number of aromatic nitrogens is 1. The molecule has 0 aliphatic carbocycles. The summed E-state index contributed by atoms with van der Waals surface area (Å²) < 4.78 is 0. The van der Waals surface area contributed by atoms with Gasteiger partial charge in [-0.3, -0.25) is 4.79 Å². The zero-order valence-corrected chi connectivity index (χ0v) is 13.1. The largest absolute Gasteiger partial charge is 0.353 e. The van der Waals surface area contributed by atoms with Gasteiger partial charge in [-0.2, -0.15) is 0 Å². The maximum absolute atomic E-state index is 11.9. The van der Waals surface area contributed by atoms with Crippen LogP contribution in [0.4, 0.5) is 5.82 Å². The second-order valence-electron chi connectivity index (χ2n) is 5.86. The number of nitrogens with two attached hydrogens (primary N) is 1. The molecule has 1 amide bonds. The van der Waals surface area contributed by atoms with Gasteiger partial charge in [-0.15, -0.1) is 0 Å². The Labute approximate surface area is 126 Å². The Hall–Kier alpha value is -1.66. The van der Waals surface area contributed by atoms with Crippen molar-refractivity contribution in [1.29, 1.82) is 0 Å². The first kappa shape index (κ1) is 15.7. The summed E-state index contributed by atoms with van der Waals surface area (Å²) in [5.41, 5.74) is 6.85. The van der Waals surface area contributed by atoms with Gasteiger partial charge in [0, 0.05) is 38.9 Å². The molecule has 0 saturated carbocycles. The second-order valence-corrected chi connectivity index (χ2v) is 5.86. The van der Waals surface area contributed by atoms with Crippen LogP contribution in [0, 0.1) is 0 Å². The highest BCUT2D eigenvalue weighted by Gasteiger charge is 2.23. The van der Waals surface area contributed by atoms with Crippen molar-refractivity contribution >= 4 is 11.7 Å². The van der Waals surface area contributed by atoms with Crippen molar-refractivity contribution in [2.75, 3.05) is 45.2 Å². The summed E-state index contributed by atoms with van der Waals surface area (Å²) in [5, 5.41) is 0. The number of rotatable bonds is 4. The predicted molar refractivity (Wildman–Crippen MR) is 84.1 cm³/mol. The van der Waals surface area contributed by atoms with Crippen molar-refractivity contribution < 1.29 is 4.79 Å². The summed E-state index contributed by atoms with van der Waals surface area (Å²) in [6.07, 6.45) is 1.93. The van der Waals surface area contributed by atoms with Crippen molar-refractivity contribution in [2.24, 2.45) is 5.73 Å². The van der Waals surface area contributed by atoms with E-state index >= 15 is 0 Å². The van der Waals surface area contributed by atoms with Gasteiger partial charge >= 0.3 is 0 Å². The molecule has 2 rings (SSSR count). The van der Waals surface area contributed by atoms with Crippen LogP contribution in [0.1, 0.15) is 12.5 Å². The Morgan fingerprint density at radius 2 is 2.00 bits per heavy atom. The smallest absolute Gasteiger partial charge is 0.239 e. The third-order valence-electron chi connectivity index (χ3n) is 3.61. The van der Waals surface area contributed by atoms with E-state index in [-0.39, 0.29) is 5.91 Å². The van der Waals surface area contributed by atoms with Crippen LogP contribution in [0.25, 0.3) is 0 Å². The summed E-state index contributed by atoms with van der Waals surface area (Å²) in [5.74, 6) is 1.01. The van der Waals surface area contributed by atoms with Crippen molar-refractivity contribution in [1.82, 2.24) is 14.8 Å². The summed E-state index contributed by atoms with van der Waals surface area (Å²) in [7, 11) is 4.09. The molecule has 21 heavy (non-hydrogen) atoms. The van der Waals surface area contributed by atoms with Crippen molar-refractivity contribution in [3.8, 4) is 0 Å². The van der Waals surface area contributed by atoms with E-state index in [0.717, 1.165) is 25.5 Å². The SMILES string of the molecule is CC(N)C(=O)N1CCN(c2ccc(CN(C)C)cn2)CC1. The Morgan fingerprint density at radius 3 is 2.48 bits per heavy atom. The van der Waals surface area contributed by atoms with Crippen LogP contribution in [0.3, 0.4) is 0 Å². The lowest BCUT2D eigenvalue weighted by Gasteiger charge is -2.36. The predicted octanol–water partition coefficient (Wildman–Crippen LogP) is 0.139. The molecule has 6 nitrogen and oxygen atoms in total. The molecule has 0 bridgehead atoms. The lowest BCUT2D eigenvalue weighted by molar-refractivity contribution is -0.132. The summed E-state index contributed by atoms with van der Waals surface area (Å²) in [4.78, 5) is 22.5. The minimum Gasteiger partial charge on any atom is -0.353 e. The standard InChI is InChI=1S/C15H25N5O/c1-12(16)15(21)20-8-6-19(7-9-20)14-5-4-13(10-17-14)11-18(2)3/h4-5,10,12H,6-9,11,16H2,1-3H3. The fourth-order valence-corrected chi connectivity index (χ4v) is 2.51.